The van der Waals surface area contributed by atoms with Crippen LogP contribution >= 0.6 is 0 Å². The Hall–Kier alpha value is -2.11. The molecule has 1 aliphatic heterocycles. The number of hydrogen-bond acceptors (Lipinski definition) is 3. The van der Waals surface area contributed by atoms with Crippen LogP contribution in [0.15, 0.2) is 18.5 Å². The van der Waals surface area contributed by atoms with Crippen LogP contribution in [0, 0.1) is 0 Å². The van der Waals surface area contributed by atoms with Crippen LogP contribution in [0.3, 0.4) is 0 Å². The average molecular weight is 287 g/mol. The number of likely N-dealkylation sites (tertiary alicyclic amines) is 1. The summed E-state index contributed by atoms with van der Waals surface area (Å²) in [7, 11) is 0. The summed E-state index contributed by atoms with van der Waals surface area (Å²) < 4.78 is 0. The number of aromatic nitrogens is 4. The van der Waals surface area contributed by atoms with Gasteiger partial charge in [0.05, 0.1) is 6.20 Å². The van der Waals surface area contributed by atoms with Crippen LogP contribution in [0.1, 0.15) is 60.5 Å². The van der Waals surface area contributed by atoms with Crippen molar-refractivity contribution < 1.29 is 4.79 Å². The summed E-state index contributed by atoms with van der Waals surface area (Å²) in [6.07, 6.45) is 5.52. The molecule has 1 atom stereocenters. The first-order valence-corrected chi connectivity index (χ1v) is 7.48. The summed E-state index contributed by atoms with van der Waals surface area (Å²) in [4.78, 5) is 21.9. The third-order valence-electron chi connectivity index (χ3n) is 4.04. The smallest absolute Gasteiger partial charge is 0.271 e. The van der Waals surface area contributed by atoms with Crippen molar-refractivity contribution in [3.8, 4) is 0 Å². The van der Waals surface area contributed by atoms with Crippen LogP contribution in [0.25, 0.3) is 0 Å². The molecule has 1 fully saturated rings. The number of imidazole rings is 1. The molecule has 0 radical (unpaired) electrons. The number of rotatable bonds is 3. The Morgan fingerprint density at radius 3 is 3.00 bits per heavy atom. The summed E-state index contributed by atoms with van der Waals surface area (Å²) >= 11 is 0. The van der Waals surface area contributed by atoms with Gasteiger partial charge in [-0.25, -0.2) is 4.98 Å². The van der Waals surface area contributed by atoms with Crippen LogP contribution in [0.2, 0.25) is 0 Å². The highest BCUT2D eigenvalue weighted by Gasteiger charge is 2.27. The van der Waals surface area contributed by atoms with Crippen LogP contribution in [-0.4, -0.2) is 44.1 Å². The zero-order valence-electron chi connectivity index (χ0n) is 12.5. The monoisotopic (exact) mass is 287 g/mol. The molecule has 6 nitrogen and oxygen atoms in total. The number of nitrogens with zero attached hydrogens (tertiary/aromatic N) is 3. The van der Waals surface area contributed by atoms with E-state index in [0.29, 0.717) is 17.5 Å². The lowest BCUT2D eigenvalue weighted by molar-refractivity contribution is 0.0700. The topological polar surface area (TPSA) is 77.7 Å². The van der Waals surface area contributed by atoms with E-state index in [0.717, 1.165) is 37.4 Å². The Labute approximate surface area is 124 Å². The summed E-state index contributed by atoms with van der Waals surface area (Å²) in [6.45, 7) is 5.65. The van der Waals surface area contributed by atoms with E-state index in [4.69, 9.17) is 0 Å². The van der Waals surface area contributed by atoms with Crippen molar-refractivity contribution >= 4 is 5.91 Å². The maximum absolute atomic E-state index is 12.6. The molecule has 2 aromatic rings. The fourth-order valence-electron chi connectivity index (χ4n) is 2.82. The van der Waals surface area contributed by atoms with Crippen LogP contribution < -0.4 is 0 Å². The second-order valence-electron chi connectivity index (χ2n) is 5.94. The number of piperidine rings is 1. The minimum atomic E-state index is 0.0404. The molecular weight excluding hydrogens is 266 g/mol. The average Bonchev–Trinajstić information content (AvgIpc) is 3.18. The first-order valence-electron chi connectivity index (χ1n) is 7.48. The van der Waals surface area contributed by atoms with Crippen LogP contribution in [-0.2, 0) is 0 Å². The predicted molar refractivity (Wildman–Crippen MR) is 79.1 cm³/mol. The largest absolute Gasteiger partial charge is 0.338 e. The molecule has 0 bridgehead atoms. The Kier molecular flexibility index (Phi) is 3.77. The number of carbonyl (C=O) groups excluding carboxylic acids is 1. The summed E-state index contributed by atoms with van der Waals surface area (Å²) in [5.74, 6) is 1.54. The zero-order chi connectivity index (χ0) is 14.8. The molecule has 0 aromatic carbocycles. The maximum Gasteiger partial charge on any atom is 0.271 e. The van der Waals surface area contributed by atoms with Crippen molar-refractivity contribution in [1.82, 2.24) is 25.1 Å². The number of hydrogen-bond donors (Lipinski definition) is 2. The number of nitrogens with one attached hydrogen (secondary N) is 2. The third-order valence-corrected chi connectivity index (χ3v) is 4.04. The van der Waals surface area contributed by atoms with Gasteiger partial charge in [-0.3, -0.25) is 9.89 Å². The molecule has 2 aromatic heterocycles. The van der Waals surface area contributed by atoms with E-state index >= 15 is 0 Å². The van der Waals surface area contributed by atoms with E-state index in [-0.39, 0.29) is 5.91 Å². The fraction of sp³-hybridized carbons (Fsp3) is 0.533. The second-order valence-corrected chi connectivity index (χ2v) is 5.94. The van der Waals surface area contributed by atoms with Crippen molar-refractivity contribution in [3.05, 3.63) is 35.7 Å². The van der Waals surface area contributed by atoms with E-state index in [2.05, 4.69) is 34.0 Å². The van der Waals surface area contributed by atoms with E-state index in [1.807, 2.05) is 11.0 Å². The van der Waals surface area contributed by atoms with Gasteiger partial charge in [-0.1, -0.05) is 13.8 Å². The van der Waals surface area contributed by atoms with E-state index < -0.39 is 0 Å². The van der Waals surface area contributed by atoms with Gasteiger partial charge in [0.25, 0.3) is 5.91 Å². The SMILES string of the molecule is CC(C)c1ncc(C(=O)N2CCCC(c3ccn[nH]3)C2)[nH]1. The molecule has 1 unspecified atom stereocenters. The lowest BCUT2D eigenvalue weighted by Gasteiger charge is -2.31. The van der Waals surface area contributed by atoms with E-state index in [1.165, 1.54) is 0 Å². The Bertz CT molecular complexity index is 601. The standard InChI is InChI=1S/C15H21N5O/c1-10(2)14-16-8-13(18-14)15(21)20-7-3-4-11(9-20)12-5-6-17-19-12/h5-6,8,10-11H,3-4,7,9H2,1-2H3,(H,16,18)(H,17,19). The summed E-state index contributed by atoms with van der Waals surface area (Å²) in [6, 6.07) is 1.99. The second kappa shape index (κ2) is 5.71. The Morgan fingerprint density at radius 2 is 2.33 bits per heavy atom. The molecule has 3 heterocycles. The van der Waals surface area contributed by atoms with Crippen molar-refractivity contribution in [2.75, 3.05) is 13.1 Å². The Balaban J connectivity index is 1.71. The van der Waals surface area contributed by atoms with Gasteiger partial charge >= 0.3 is 0 Å². The van der Waals surface area contributed by atoms with Crippen molar-refractivity contribution in [3.63, 3.8) is 0 Å². The minimum Gasteiger partial charge on any atom is -0.338 e. The van der Waals surface area contributed by atoms with Crippen LogP contribution in [0.5, 0.6) is 0 Å². The third kappa shape index (κ3) is 2.84. The van der Waals surface area contributed by atoms with Gasteiger partial charge in [-0.15, -0.1) is 0 Å². The zero-order valence-corrected chi connectivity index (χ0v) is 12.5. The van der Waals surface area contributed by atoms with Crippen LogP contribution in [0.4, 0.5) is 0 Å². The van der Waals surface area contributed by atoms with E-state index in [9.17, 15) is 4.79 Å². The van der Waals surface area contributed by atoms with Crippen molar-refractivity contribution in [2.24, 2.45) is 0 Å². The molecular formula is C15H21N5O. The normalized spacial score (nSPS) is 19.2. The van der Waals surface area contributed by atoms with Crippen molar-refractivity contribution in [2.45, 2.75) is 38.5 Å². The highest BCUT2D eigenvalue weighted by molar-refractivity contribution is 5.92. The number of H-pyrrole nitrogens is 2. The molecule has 112 valence electrons. The number of carbonyl (C=O) groups is 1. The molecule has 6 heteroatoms. The molecule has 0 aliphatic carbocycles. The molecule has 2 N–H and O–H groups in total. The first-order chi connectivity index (χ1) is 10.1. The van der Waals surface area contributed by atoms with Gasteiger partial charge < -0.3 is 9.88 Å². The fourth-order valence-corrected chi connectivity index (χ4v) is 2.82. The molecule has 1 saturated heterocycles. The van der Waals surface area contributed by atoms with Crippen molar-refractivity contribution in [1.29, 1.82) is 0 Å². The van der Waals surface area contributed by atoms with Gasteiger partial charge in [-0.2, -0.15) is 5.10 Å². The highest BCUT2D eigenvalue weighted by atomic mass is 16.2. The molecule has 0 spiro atoms. The quantitative estimate of drug-likeness (QED) is 0.909. The summed E-state index contributed by atoms with van der Waals surface area (Å²) in [5, 5.41) is 7.02. The minimum absolute atomic E-state index is 0.0404. The number of amides is 1. The highest BCUT2D eigenvalue weighted by Crippen LogP contribution is 2.26. The van der Waals surface area contributed by atoms with Gasteiger partial charge in [0, 0.05) is 36.8 Å². The van der Waals surface area contributed by atoms with E-state index in [1.54, 1.807) is 12.4 Å². The number of aromatic amines is 2. The molecule has 21 heavy (non-hydrogen) atoms. The predicted octanol–water partition coefficient (Wildman–Crippen LogP) is 2.28. The van der Waals surface area contributed by atoms with Gasteiger partial charge in [0.15, 0.2) is 0 Å². The lowest BCUT2D eigenvalue weighted by Crippen LogP contribution is -2.39. The molecule has 1 aliphatic rings. The van der Waals surface area contributed by atoms with Gasteiger partial charge in [0.2, 0.25) is 0 Å². The Morgan fingerprint density at radius 1 is 1.48 bits per heavy atom. The molecule has 0 saturated carbocycles. The molecule has 1 amide bonds. The van der Waals surface area contributed by atoms with Gasteiger partial charge in [-0.05, 0) is 18.9 Å². The van der Waals surface area contributed by atoms with Gasteiger partial charge in [0.1, 0.15) is 11.5 Å². The maximum atomic E-state index is 12.6. The summed E-state index contributed by atoms with van der Waals surface area (Å²) in [5.41, 5.74) is 1.70. The molecule has 3 rings (SSSR count). The lowest BCUT2D eigenvalue weighted by atomic mass is 9.95. The first kappa shape index (κ1) is 13.9.